The van der Waals surface area contributed by atoms with Crippen LogP contribution in [-0.2, 0) is 15.7 Å². The Kier molecular flexibility index (Phi) is 7.46. The van der Waals surface area contributed by atoms with Crippen molar-refractivity contribution < 1.29 is 27.1 Å². The van der Waals surface area contributed by atoms with Crippen LogP contribution in [0.15, 0.2) is 60.1 Å². The molecule has 4 rings (SSSR count). The van der Waals surface area contributed by atoms with Crippen LogP contribution < -0.4 is 0 Å². The highest BCUT2D eigenvalue weighted by Crippen LogP contribution is 2.44. The van der Waals surface area contributed by atoms with Crippen molar-refractivity contribution in [3.63, 3.8) is 0 Å². The number of rotatable bonds is 6. The topological polar surface area (TPSA) is 45.1 Å². The van der Waals surface area contributed by atoms with Gasteiger partial charge in [0.2, 0.25) is 5.91 Å². The van der Waals surface area contributed by atoms with Gasteiger partial charge in [0.25, 0.3) is 0 Å². The number of benzene rings is 2. The van der Waals surface area contributed by atoms with Gasteiger partial charge in [-0.3, -0.25) is 9.69 Å². The second kappa shape index (κ2) is 10.3. The van der Waals surface area contributed by atoms with Gasteiger partial charge >= 0.3 is 6.18 Å². The molecular formula is C28H31F4N3O2. The molecule has 0 spiro atoms. The number of ether oxygens (including phenoxy) is 1. The Morgan fingerprint density at radius 2 is 1.81 bits per heavy atom. The number of aliphatic imine (C=N–C) groups is 1. The number of nitrogens with zero attached hydrogens (tertiary/aromatic N) is 3. The van der Waals surface area contributed by atoms with E-state index in [9.17, 15) is 22.4 Å². The molecule has 1 heterocycles. The number of hydrogen-bond donors (Lipinski definition) is 0. The van der Waals surface area contributed by atoms with Gasteiger partial charge in [-0.1, -0.05) is 30.8 Å². The van der Waals surface area contributed by atoms with Gasteiger partial charge in [0.1, 0.15) is 11.4 Å². The van der Waals surface area contributed by atoms with Crippen LogP contribution in [0.5, 0.6) is 0 Å². The molecule has 1 aliphatic carbocycles. The molecule has 2 aromatic carbocycles. The standard InChI is InChI=1S/C28H31F4N3O2/c1-18(20-6-5-7-24(29)15-20)33-25(37-4)22-14-21(19-8-10-23(11-9-19)28(30,31)32)16-35(17-22)26(36)27(12-13-27)34(2)3/h5-11,15,21-22H,1,12-14,16-17H2,2-4H3. The predicted octanol–water partition coefficient (Wildman–Crippen LogP) is 5.59. The number of piperidine rings is 1. The molecule has 0 aromatic heterocycles. The van der Waals surface area contributed by atoms with E-state index >= 15 is 0 Å². The van der Waals surface area contributed by atoms with Crippen LogP contribution >= 0.6 is 0 Å². The van der Waals surface area contributed by atoms with Crippen LogP contribution in [0.1, 0.15) is 41.9 Å². The average Bonchev–Trinajstić information content (AvgIpc) is 3.68. The Bertz CT molecular complexity index is 1190. The lowest BCUT2D eigenvalue weighted by Crippen LogP contribution is -2.53. The summed E-state index contributed by atoms with van der Waals surface area (Å²) < 4.78 is 58.7. The third kappa shape index (κ3) is 5.71. The number of methoxy groups -OCH3 is 1. The van der Waals surface area contributed by atoms with Gasteiger partial charge in [-0.05, 0) is 63.2 Å². The molecule has 1 amide bonds. The highest BCUT2D eigenvalue weighted by Gasteiger charge is 2.54. The second-order valence-corrected chi connectivity index (χ2v) is 10.00. The SMILES string of the molecule is C=C(N=C(OC)C1CC(c2ccc(C(F)(F)F)cc2)CN(C(=O)C2(N(C)C)CC2)C1)c1cccc(F)c1. The minimum atomic E-state index is -4.42. The van der Waals surface area contributed by atoms with E-state index in [0.717, 1.165) is 25.0 Å². The molecule has 2 aromatic rings. The Labute approximate surface area is 214 Å². The van der Waals surface area contributed by atoms with Crippen molar-refractivity contribution in [2.75, 3.05) is 34.3 Å². The first kappa shape index (κ1) is 26.9. The van der Waals surface area contributed by atoms with E-state index in [1.165, 1.54) is 31.4 Å². The molecule has 1 aliphatic heterocycles. The Hall–Kier alpha value is -3.20. The van der Waals surface area contributed by atoms with Crippen molar-refractivity contribution >= 4 is 17.5 Å². The maximum atomic E-state index is 13.7. The lowest BCUT2D eigenvalue weighted by molar-refractivity contribution is -0.139. The zero-order chi connectivity index (χ0) is 27.0. The van der Waals surface area contributed by atoms with Crippen LogP contribution in [-0.4, -0.2) is 61.4 Å². The molecule has 2 fully saturated rings. The number of likely N-dealkylation sites (N-methyl/N-ethyl adjacent to an activating group) is 1. The molecule has 2 aliphatic rings. The largest absolute Gasteiger partial charge is 0.484 e. The Balaban J connectivity index is 1.65. The molecule has 37 heavy (non-hydrogen) atoms. The van der Waals surface area contributed by atoms with Gasteiger partial charge in [0, 0.05) is 24.6 Å². The van der Waals surface area contributed by atoms with Crippen molar-refractivity contribution in [1.82, 2.24) is 9.80 Å². The average molecular weight is 518 g/mol. The third-order valence-corrected chi connectivity index (χ3v) is 7.39. The molecule has 0 N–H and O–H groups in total. The highest BCUT2D eigenvalue weighted by molar-refractivity contribution is 5.91. The number of likely N-dealkylation sites (tertiary alicyclic amines) is 1. The van der Waals surface area contributed by atoms with Gasteiger partial charge in [-0.25, -0.2) is 9.38 Å². The van der Waals surface area contributed by atoms with Crippen LogP contribution in [0.4, 0.5) is 17.6 Å². The molecule has 0 radical (unpaired) electrons. The number of halogens is 4. The van der Waals surface area contributed by atoms with Crippen LogP contribution in [0.3, 0.4) is 0 Å². The van der Waals surface area contributed by atoms with E-state index in [1.807, 2.05) is 19.0 Å². The number of alkyl halides is 3. The fourth-order valence-electron chi connectivity index (χ4n) is 5.06. The molecule has 2 unspecified atom stereocenters. The minimum absolute atomic E-state index is 0.00137. The van der Waals surface area contributed by atoms with Crippen LogP contribution in [0, 0.1) is 11.7 Å². The summed E-state index contributed by atoms with van der Waals surface area (Å²) in [7, 11) is 5.24. The smallest absolute Gasteiger partial charge is 0.416 e. The van der Waals surface area contributed by atoms with Gasteiger partial charge in [0.05, 0.1) is 24.3 Å². The summed E-state index contributed by atoms with van der Waals surface area (Å²) in [6.45, 7) is 4.70. The summed E-state index contributed by atoms with van der Waals surface area (Å²) in [6, 6.07) is 11.0. The summed E-state index contributed by atoms with van der Waals surface area (Å²) in [5.74, 6) is -0.607. The Morgan fingerprint density at radius 1 is 1.14 bits per heavy atom. The predicted molar refractivity (Wildman–Crippen MR) is 134 cm³/mol. The molecule has 2 atom stereocenters. The third-order valence-electron chi connectivity index (χ3n) is 7.39. The normalized spacial score (nSPS) is 21.6. The van der Waals surface area contributed by atoms with Gasteiger partial charge in [0.15, 0.2) is 5.90 Å². The summed E-state index contributed by atoms with van der Waals surface area (Å²) in [4.78, 5) is 21.9. The van der Waals surface area contributed by atoms with Crippen molar-refractivity contribution in [3.8, 4) is 0 Å². The van der Waals surface area contributed by atoms with E-state index < -0.39 is 23.1 Å². The zero-order valence-corrected chi connectivity index (χ0v) is 21.2. The minimum Gasteiger partial charge on any atom is -0.484 e. The van der Waals surface area contributed by atoms with Crippen LogP contribution in [0.2, 0.25) is 0 Å². The highest BCUT2D eigenvalue weighted by atomic mass is 19.4. The number of amides is 1. The molecule has 9 heteroatoms. The van der Waals surface area contributed by atoms with E-state index in [1.54, 1.807) is 17.0 Å². The summed E-state index contributed by atoms with van der Waals surface area (Å²) in [6.07, 6.45) is -2.39. The van der Waals surface area contributed by atoms with Crippen molar-refractivity contribution in [2.45, 2.75) is 36.9 Å². The number of carbonyl (C=O) groups excluding carboxylic acids is 1. The second-order valence-electron chi connectivity index (χ2n) is 10.00. The first-order valence-electron chi connectivity index (χ1n) is 12.2. The summed E-state index contributed by atoms with van der Waals surface area (Å²) in [5.41, 5.74) is 0.262. The maximum absolute atomic E-state index is 13.7. The fraction of sp³-hybridized carbons (Fsp3) is 0.429. The summed E-state index contributed by atoms with van der Waals surface area (Å²) >= 11 is 0. The lowest BCUT2D eigenvalue weighted by atomic mass is 9.83. The number of hydrogen-bond acceptors (Lipinski definition) is 4. The zero-order valence-electron chi connectivity index (χ0n) is 21.2. The molecule has 1 saturated heterocycles. The van der Waals surface area contributed by atoms with Gasteiger partial charge in [-0.15, -0.1) is 0 Å². The first-order chi connectivity index (χ1) is 17.4. The van der Waals surface area contributed by atoms with E-state index in [-0.39, 0.29) is 17.7 Å². The molecule has 198 valence electrons. The Morgan fingerprint density at radius 3 is 2.35 bits per heavy atom. The molecular weight excluding hydrogens is 486 g/mol. The maximum Gasteiger partial charge on any atom is 0.416 e. The van der Waals surface area contributed by atoms with E-state index in [0.29, 0.717) is 42.2 Å². The van der Waals surface area contributed by atoms with Crippen LogP contribution in [0.25, 0.3) is 5.70 Å². The van der Waals surface area contributed by atoms with E-state index in [2.05, 4.69) is 11.6 Å². The monoisotopic (exact) mass is 517 g/mol. The molecule has 0 bridgehead atoms. The van der Waals surface area contributed by atoms with E-state index in [4.69, 9.17) is 4.74 Å². The van der Waals surface area contributed by atoms with Gasteiger partial charge in [-0.2, -0.15) is 13.2 Å². The lowest BCUT2D eigenvalue weighted by Gasteiger charge is -2.40. The first-order valence-corrected chi connectivity index (χ1v) is 12.2. The molecule has 5 nitrogen and oxygen atoms in total. The summed E-state index contributed by atoms with van der Waals surface area (Å²) in [5, 5.41) is 0. The van der Waals surface area contributed by atoms with Crippen molar-refractivity contribution in [2.24, 2.45) is 10.9 Å². The van der Waals surface area contributed by atoms with Crippen molar-refractivity contribution in [1.29, 1.82) is 0 Å². The number of carbonyl (C=O) groups is 1. The van der Waals surface area contributed by atoms with Gasteiger partial charge < -0.3 is 9.64 Å². The quantitative estimate of drug-likeness (QED) is 0.285. The van der Waals surface area contributed by atoms with Crippen molar-refractivity contribution in [3.05, 3.63) is 77.6 Å². The molecule has 1 saturated carbocycles. The fourth-order valence-corrected chi connectivity index (χ4v) is 5.06.